The quantitative estimate of drug-likeness (QED) is 0.654. The Morgan fingerprint density at radius 1 is 1.00 bits per heavy atom. The Hall–Kier alpha value is -3.61. The maximum Gasteiger partial charge on any atom is 0.257 e. The molecule has 0 bridgehead atoms. The van der Waals surface area contributed by atoms with Crippen LogP contribution in [0, 0.1) is 6.92 Å². The lowest BCUT2D eigenvalue weighted by atomic mass is 10.1. The number of rotatable bonds is 6. The Bertz CT molecular complexity index is 1030. The van der Waals surface area contributed by atoms with Crippen LogP contribution < -0.4 is 15.0 Å². The molecule has 1 aliphatic rings. The van der Waals surface area contributed by atoms with Gasteiger partial charge in [-0.2, -0.15) is 0 Å². The smallest absolute Gasteiger partial charge is 0.257 e. The standard InChI is InChI=1S/C24H27N5O2/c1-3-25-22-17-23(27-18(2)26-22)28-13-15-29(16-14-28)24(30)20-11-7-8-12-21(20)31-19-9-5-4-6-10-19/h4-12,17H,3,13-16H2,1-2H3,(H,25,26,27). The number of para-hydroxylation sites is 2. The van der Waals surface area contributed by atoms with Crippen LogP contribution in [-0.4, -0.2) is 53.5 Å². The molecule has 1 fully saturated rings. The summed E-state index contributed by atoms with van der Waals surface area (Å²) < 4.78 is 5.98. The minimum Gasteiger partial charge on any atom is -0.457 e. The van der Waals surface area contributed by atoms with E-state index in [9.17, 15) is 4.79 Å². The molecule has 4 rings (SSSR count). The van der Waals surface area contributed by atoms with Gasteiger partial charge in [-0.05, 0) is 38.1 Å². The second-order valence-corrected chi connectivity index (χ2v) is 7.38. The summed E-state index contributed by atoms with van der Waals surface area (Å²) in [6.45, 7) is 7.43. The van der Waals surface area contributed by atoms with Crippen molar-refractivity contribution >= 4 is 17.5 Å². The van der Waals surface area contributed by atoms with E-state index in [2.05, 4.69) is 20.2 Å². The van der Waals surface area contributed by atoms with Crippen LogP contribution in [0.3, 0.4) is 0 Å². The number of aryl methyl sites for hydroxylation is 1. The van der Waals surface area contributed by atoms with Crippen molar-refractivity contribution in [1.29, 1.82) is 0 Å². The maximum absolute atomic E-state index is 13.2. The second kappa shape index (κ2) is 9.47. The largest absolute Gasteiger partial charge is 0.457 e. The van der Waals surface area contributed by atoms with Gasteiger partial charge in [0, 0.05) is 38.8 Å². The summed E-state index contributed by atoms with van der Waals surface area (Å²) in [4.78, 5) is 26.3. The van der Waals surface area contributed by atoms with Crippen LogP contribution in [0.1, 0.15) is 23.1 Å². The number of carbonyl (C=O) groups excluding carboxylic acids is 1. The first-order chi connectivity index (χ1) is 15.1. The third-order valence-electron chi connectivity index (χ3n) is 5.16. The summed E-state index contributed by atoms with van der Waals surface area (Å²) in [7, 11) is 0. The molecule has 7 heteroatoms. The molecular formula is C24H27N5O2. The monoisotopic (exact) mass is 417 g/mol. The highest BCUT2D eigenvalue weighted by atomic mass is 16.5. The zero-order chi connectivity index (χ0) is 21.6. The molecule has 3 aromatic rings. The summed E-state index contributed by atoms with van der Waals surface area (Å²) in [5.41, 5.74) is 0.576. The minimum atomic E-state index is -0.0154. The summed E-state index contributed by atoms with van der Waals surface area (Å²) in [5.74, 6) is 3.72. The first-order valence-corrected chi connectivity index (χ1v) is 10.6. The lowest BCUT2D eigenvalue weighted by Crippen LogP contribution is -2.49. The van der Waals surface area contributed by atoms with Crippen LogP contribution in [0.25, 0.3) is 0 Å². The van der Waals surface area contributed by atoms with Crippen LogP contribution in [0.5, 0.6) is 11.5 Å². The third kappa shape index (κ3) is 4.94. The molecule has 0 radical (unpaired) electrons. The number of hydrogen-bond acceptors (Lipinski definition) is 6. The van der Waals surface area contributed by atoms with Gasteiger partial charge < -0.3 is 19.9 Å². The number of nitrogens with zero attached hydrogens (tertiary/aromatic N) is 4. The first-order valence-electron chi connectivity index (χ1n) is 10.6. The fraction of sp³-hybridized carbons (Fsp3) is 0.292. The SMILES string of the molecule is CCNc1cc(N2CCN(C(=O)c3ccccc3Oc3ccccc3)CC2)nc(C)n1. The van der Waals surface area contributed by atoms with Crippen LogP contribution in [0.2, 0.25) is 0 Å². The number of benzene rings is 2. The van der Waals surface area contributed by atoms with Crippen molar-refractivity contribution in [2.75, 3.05) is 42.9 Å². The van der Waals surface area contributed by atoms with Crippen molar-refractivity contribution in [3.63, 3.8) is 0 Å². The van der Waals surface area contributed by atoms with Crippen LogP contribution in [0.15, 0.2) is 60.7 Å². The first kappa shape index (κ1) is 20.7. The van der Waals surface area contributed by atoms with E-state index in [0.717, 1.165) is 37.1 Å². The molecule has 0 unspecified atom stereocenters. The van der Waals surface area contributed by atoms with E-state index in [4.69, 9.17) is 4.74 Å². The van der Waals surface area contributed by atoms with Crippen molar-refractivity contribution in [1.82, 2.24) is 14.9 Å². The number of carbonyl (C=O) groups is 1. The number of amides is 1. The van der Waals surface area contributed by atoms with Gasteiger partial charge in [0.25, 0.3) is 5.91 Å². The summed E-state index contributed by atoms with van der Waals surface area (Å²) in [6.07, 6.45) is 0. The van der Waals surface area contributed by atoms with Crippen LogP contribution >= 0.6 is 0 Å². The summed E-state index contributed by atoms with van der Waals surface area (Å²) in [6, 6.07) is 18.9. The Morgan fingerprint density at radius 3 is 2.45 bits per heavy atom. The number of nitrogens with one attached hydrogen (secondary N) is 1. The number of piperazine rings is 1. The minimum absolute atomic E-state index is 0.0154. The van der Waals surface area contributed by atoms with Crippen molar-refractivity contribution < 1.29 is 9.53 Å². The van der Waals surface area contributed by atoms with E-state index < -0.39 is 0 Å². The van der Waals surface area contributed by atoms with Crippen molar-refractivity contribution in [2.45, 2.75) is 13.8 Å². The second-order valence-electron chi connectivity index (χ2n) is 7.38. The average molecular weight is 418 g/mol. The molecule has 0 saturated carbocycles. The van der Waals surface area contributed by atoms with Gasteiger partial charge >= 0.3 is 0 Å². The predicted molar refractivity (Wildman–Crippen MR) is 122 cm³/mol. The topological polar surface area (TPSA) is 70.6 Å². The number of hydrogen-bond donors (Lipinski definition) is 1. The highest BCUT2D eigenvalue weighted by Gasteiger charge is 2.25. The lowest BCUT2D eigenvalue weighted by Gasteiger charge is -2.35. The van der Waals surface area contributed by atoms with E-state index in [0.29, 0.717) is 30.2 Å². The molecule has 1 aromatic heterocycles. The van der Waals surface area contributed by atoms with E-state index in [1.807, 2.05) is 79.4 Å². The summed E-state index contributed by atoms with van der Waals surface area (Å²) in [5, 5.41) is 3.25. The van der Waals surface area contributed by atoms with E-state index in [1.165, 1.54) is 0 Å². The molecule has 160 valence electrons. The van der Waals surface area contributed by atoms with Crippen molar-refractivity contribution in [3.05, 3.63) is 72.1 Å². The molecule has 0 aliphatic carbocycles. The van der Waals surface area contributed by atoms with Gasteiger partial charge in [0.2, 0.25) is 0 Å². The molecule has 1 amide bonds. The zero-order valence-corrected chi connectivity index (χ0v) is 17.9. The van der Waals surface area contributed by atoms with E-state index in [1.54, 1.807) is 0 Å². The Balaban J connectivity index is 1.45. The summed E-state index contributed by atoms with van der Waals surface area (Å²) >= 11 is 0. The van der Waals surface area contributed by atoms with Gasteiger partial charge in [0.15, 0.2) is 0 Å². The lowest BCUT2D eigenvalue weighted by molar-refractivity contribution is 0.0744. The van der Waals surface area contributed by atoms with Gasteiger partial charge in [0.1, 0.15) is 29.0 Å². The predicted octanol–water partition coefficient (Wildman–Crippen LogP) is 3.97. The van der Waals surface area contributed by atoms with Gasteiger partial charge in [-0.15, -0.1) is 0 Å². The Kier molecular flexibility index (Phi) is 6.31. The molecular weight excluding hydrogens is 390 g/mol. The number of aromatic nitrogens is 2. The van der Waals surface area contributed by atoms with Crippen molar-refractivity contribution in [3.8, 4) is 11.5 Å². The molecule has 2 aromatic carbocycles. The molecule has 1 saturated heterocycles. The van der Waals surface area contributed by atoms with Crippen LogP contribution in [0.4, 0.5) is 11.6 Å². The fourth-order valence-corrected chi connectivity index (χ4v) is 3.64. The molecule has 31 heavy (non-hydrogen) atoms. The molecule has 0 spiro atoms. The molecule has 7 nitrogen and oxygen atoms in total. The molecule has 0 atom stereocenters. The average Bonchev–Trinajstić information content (AvgIpc) is 2.80. The van der Waals surface area contributed by atoms with Crippen molar-refractivity contribution in [2.24, 2.45) is 0 Å². The van der Waals surface area contributed by atoms with Gasteiger partial charge in [-0.3, -0.25) is 4.79 Å². The normalized spacial score (nSPS) is 13.7. The Labute approximate surface area is 182 Å². The van der Waals surface area contributed by atoms with Crippen LogP contribution in [-0.2, 0) is 0 Å². The van der Waals surface area contributed by atoms with E-state index >= 15 is 0 Å². The Morgan fingerprint density at radius 2 is 1.71 bits per heavy atom. The maximum atomic E-state index is 13.2. The molecule has 1 aliphatic heterocycles. The fourth-order valence-electron chi connectivity index (χ4n) is 3.64. The van der Waals surface area contributed by atoms with Gasteiger partial charge in [0.05, 0.1) is 5.56 Å². The molecule has 1 N–H and O–H groups in total. The van der Waals surface area contributed by atoms with Gasteiger partial charge in [-0.1, -0.05) is 30.3 Å². The third-order valence-corrected chi connectivity index (χ3v) is 5.16. The highest BCUT2D eigenvalue weighted by molar-refractivity contribution is 5.97. The highest BCUT2D eigenvalue weighted by Crippen LogP contribution is 2.27. The molecule has 2 heterocycles. The number of anilines is 2. The number of ether oxygens (including phenoxy) is 1. The zero-order valence-electron chi connectivity index (χ0n) is 17.9. The van der Waals surface area contributed by atoms with Gasteiger partial charge in [-0.25, -0.2) is 9.97 Å². The van der Waals surface area contributed by atoms with E-state index in [-0.39, 0.29) is 5.91 Å².